The highest BCUT2D eigenvalue weighted by molar-refractivity contribution is 6.74. The number of aromatic nitrogens is 2. The Morgan fingerprint density at radius 3 is 1.18 bits per heavy atom. The van der Waals surface area contributed by atoms with Crippen LogP contribution in [0, 0.1) is 0 Å². The Morgan fingerprint density at radius 2 is 0.829 bits per heavy atom. The summed E-state index contributed by atoms with van der Waals surface area (Å²) in [5, 5.41) is 13.2. The third-order valence-electron chi connectivity index (χ3n) is 24.0. The topological polar surface area (TPSA) is 202 Å². The number of hydrogen-bond donors (Lipinski definition) is 2. The van der Waals surface area contributed by atoms with Gasteiger partial charge in [0.15, 0.2) is 44.9 Å². The lowest BCUT2D eigenvalue weighted by atomic mass is 9.80. The van der Waals surface area contributed by atoms with Crippen molar-refractivity contribution in [3.8, 4) is 28.7 Å². The number of aliphatic hydroxyl groups is 1. The minimum Gasteiger partial charge on any atom is -0.497 e. The molecule has 0 spiro atoms. The van der Waals surface area contributed by atoms with Gasteiger partial charge in [-0.2, -0.15) is 0 Å². The Labute approximate surface area is 707 Å². The minimum atomic E-state index is -3.07. The maximum absolute atomic E-state index is 15.0. The molecule has 5 aromatic rings. The van der Waals surface area contributed by atoms with E-state index in [0.29, 0.717) is 65.3 Å². The number of nitrogens with zero attached hydrogens (tertiary/aromatic N) is 1. The Bertz CT molecular complexity index is 3430. The molecule has 0 bridgehead atoms. The van der Waals surface area contributed by atoms with Gasteiger partial charge >= 0.3 is 17.6 Å². The average molecular weight is 1640 g/mol. The van der Waals surface area contributed by atoms with Gasteiger partial charge in [0.05, 0.1) is 46.2 Å². The number of unbranched alkanes of at least 4 members (excludes halogenated alkanes) is 45. The van der Waals surface area contributed by atoms with Crippen molar-refractivity contribution >= 4 is 20.3 Å². The normalized spacial score (nSPS) is 15.7. The molecule has 1 fully saturated rings. The lowest BCUT2D eigenvalue weighted by Gasteiger charge is -2.43. The number of ether oxygens (including phenoxy) is 9. The van der Waals surface area contributed by atoms with E-state index < -0.39 is 79.6 Å². The minimum absolute atomic E-state index is 0.0710. The van der Waals surface area contributed by atoms with Crippen molar-refractivity contribution in [3.63, 3.8) is 0 Å². The van der Waals surface area contributed by atoms with Crippen LogP contribution in [0.5, 0.6) is 28.7 Å². The summed E-state index contributed by atoms with van der Waals surface area (Å²) >= 11 is 0. The third kappa shape index (κ3) is 36.0. The second-order valence-corrected chi connectivity index (χ2v) is 39.5. The van der Waals surface area contributed by atoms with Gasteiger partial charge < -0.3 is 52.2 Å². The fourth-order valence-electron chi connectivity index (χ4n) is 15.7. The molecule has 17 nitrogen and oxygen atoms in total. The van der Waals surface area contributed by atoms with E-state index in [1.807, 2.05) is 113 Å². The van der Waals surface area contributed by atoms with Crippen LogP contribution in [0.15, 0.2) is 113 Å². The molecule has 0 saturated carbocycles. The molecular weight excluding hydrogens is 1490 g/mol. The summed E-state index contributed by atoms with van der Waals surface area (Å²) in [5.74, 6) is -2.46. The van der Waals surface area contributed by atoms with Crippen LogP contribution < -0.4 is 34.9 Å². The molecule has 0 amide bonds. The van der Waals surface area contributed by atoms with Gasteiger partial charge in [0.25, 0.3) is 11.3 Å². The maximum atomic E-state index is 15.0. The van der Waals surface area contributed by atoms with E-state index in [1.54, 1.807) is 26.4 Å². The summed E-state index contributed by atoms with van der Waals surface area (Å²) in [6.45, 7) is 16.5. The van der Waals surface area contributed by atoms with Gasteiger partial charge in [-0.3, -0.25) is 14.3 Å². The smallest absolute Gasteiger partial charge is 0.346 e. The molecule has 4 aromatic carbocycles. The molecule has 0 aliphatic carbocycles. The quantitative estimate of drug-likeness (QED) is 0.0122. The van der Waals surface area contributed by atoms with Crippen LogP contribution in [-0.2, 0) is 33.8 Å². The van der Waals surface area contributed by atoms with E-state index >= 15 is 4.79 Å². The number of carbonyl (C=O) groups is 2. The second-order valence-electron chi connectivity index (χ2n) is 34.7. The van der Waals surface area contributed by atoms with Gasteiger partial charge in [0.2, 0.25) is 5.75 Å². The first kappa shape index (κ1) is 99.4. The molecule has 0 radical (unpaired) electrons. The molecule has 117 heavy (non-hydrogen) atoms. The van der Waals surface area contributed by atoms with Crippen molar-refractivity contribution in [1.82, 2.24) is 9.55 Å². The number of methoxy groups -OCH3 is 2. The predicted octanol–water partition coefficient (Wildman–Crippen LogP) is 25.9. The first-order valence-electron chi connectivity index (χ1n) is 46.7. The monoisotopic (exact) mass is 1640 g/mol. The highest BCUT2D eigenvalue weighted by Crippen LogP contribution is 2.49. The van der Waals surface area contributed by atoms with Crippen LogP contribution in [0.3, 0.4) is 0 Å². The van der Waals surface area contributed by atoms with E-state index in [4.69, 9.17) is 47.1 Å². The number of esters is 2. The molecule has 4 atom stereocenters. The number of carbonyl (C=O) groups excluding carboxylic acids is 2. The summed E-state index contributed by atoms with van der Waals surface area (Å²) in [6, 6.07) is 28.8. The van der Waals surface area contributed by atoms with Crippen LogP contribution in [0.25, 0.3) is 0 Å². The number of hydrogen-bond acceptors (Lipinski definition) is 15. The SMILES string of the molecule is CCCCCCCCCCCCCCCCCCOc1cc(C(=O)OCC(=O)O[C@@]2(O)[C@@H](COC(c3ccccc3)(c3ccc(OC)cc3)c3ccc(OC)cc3)O[C@@H](n3ccc(=O)[nH]c3=O)[C@@H]2O[Si](C)(C)C(C)(C)C)cc(OCCCCCCCCCCCCCCCCCC)c1OCCCCCCCCCCCCCCCCCC. The average Bonchev–Trinajstić information content (AvgIpc) is 1.66. The zero-order valence-corrected chi connectivity index (χ0v) is 75.6. The number of rotatable bonds is 69. The number of H-pyrrole nitrogens is 1. The van der Waals surface area contributed by atoms with Crippen molar-refractivity contribution in [2.24, 2.45) is 0 Å². The van der Waals surface area contributed by atoms with Crippen LogP contribution in [-0.4, -0.2) is 100 Å². The molecular formula is C99H158N2O15Si. The van der Waals surface area contributed by atoms with Crippen LogP contribution >= 0.6 is 0 Å². The van der Waals surface area contributed by atoms with E-state index in [0.717, 1.165) is 68.4 Å². The summed E-state index contributed by atoms with van der Waals surface area (Å²) in [4.78, 5) is 59.0. The van der Waals surface area contributed by atoms with E-state index in [1.165, 1.54) is 257 Å². The zero-order chi connectivity index (χ0) is 84.1. The Hall–Kier alpha value is -6.44. The lowest BCUT2D eigenvalue weighted by molar-refractivity contribution is -0.259. The van der Waals surface area contributed by atoms with Crippen molar-refractivity contribution in [3.05, 3.63) is 146 Å². The van der Waals surface area contributed by atoms with Gasteiger partial charge in [0.1, 0.15) is 17.1 Å². The number of nitrogens with one attached hydrogen (secondary N) is 1. The molecule has 2 N–H and O–H groups in total. The fourth-order valence-corrected chi connectivity index (χ4v) is 17.0. The van der Waals surface area contributed by atoms with E-state index in [9.17, 15) is 19.5 Å². The number of benzene rings is 4. The van der Waals surface area contributed by atoms with E-state index in [2.05, 4.69) is 25.8 Å². The molecule has 0 unspecified atom stereocenters. The Kier molecular flexibility index (Phi) is 49.0. The highest BCUT2D eigenvalue weighted by atomic mass is 28.4. The molecule has 6 rings (SSSR count). The lowest BCUT2D eigenvalue weighted by Crippen LogP contribution is -2.59. The highest BCUT2D eigenvalue weighted by Gasteiger charge is 2.63. The third-order valence-corrected chi connectivity index (χ3v) is 28.5. The first-order valence-corrected chi connectivity index (χ1v) is 49.6. The number of aromatic amines is 1. The Morgan fingerprint density at radius 1 is 0.479 bits per heavy atom. The largest absolute Gasteiger partial charge is 0.497 e. The molecule has 1 saturated heterocycles. The zero-order valence-electron chi connectivity index (χ0n) is 74.6. The summed E-state index contributed by atoms with van der Waals surface area (Å²) in [5.41, 5.74) is -0.931. The van der Waals surface area contributed by atoms with Crippen LogP contribution in [0.2, 0.25) is 18.1 Å². The maximum Gasteiger partial charge on any atom is 0.346 e. The molecule has 2 heterocycles. The molecule has 1 aliphatic rings. The fraction of sp³-hybridized carbons (Fsp3) is 0.697. The standard InChI is InChI=1S/C99H158N2O15Si/c1-11-14-17-20-23-26-29-32-35-38-41-44-47-50-53-59-74-109-87-77-81(78-88(110-75-60-54-51-48-45-42-39-36-33-30-27-24-21-18-15-12-2)92(87)111-76-61-55-52-49-46-43-40-37-34-31-28-25-22-19-16-13-3)95(104)112-80-91(103)115-99(106)89(114-94(101-73-72-90(102)100-96(101)105)93(99)116-117(9,10)97(4,5)6)79-113-98(82-62-57-56-58-63-82,83-64-68-85(107-7)69-65-83)84-66-70-86(108-8)71-67-84/h56-58,62-73,77-78,89,93-94,106H,11-55,59-61,74-76,79-80H2,1-10H3,(H,100,102,105)/t89-,93+,94-,99+/m1/s1. The van der Waals surface area contributed by atoms with Crippen molar-refractivity contribution in [2.75, 3.05) is 47.3 Å². The second kappa shape index (κ2) is 57.7. The van der Waals surface area contributed by atoms with E-state index in [-0.39, 0.29) is 5.56 Å². The van der Waals surface area contributed by atoms with Crippen molar-refractivity contribution < 1.29 is 61.8 Å². The van der Waals surface area contributed by atoms with Gasteiger partial charge in [-0.25, -0.2) is 14.4 Å². The van der Waals surface area contributed by atoms with Crippen LogP contribution in [0.1, 0.15) is 383 Å². The summed E-state index contributed by atoms with van der Waals surface area (Å²) in [6.07, 6.45) is 56.7. The predicted molar refractivity (Wildman–Crippen MR) is 478 cm³/mol. The Balaban J connectivity index is 1.25. The van der Waals surface area contributed by atoms with Gasteiger partial charge in [-0.1, -0.05) is 385 Å². The van der Waals surface area contributed by atoms with Crippen LogP contribution in [0.4, 0.5) is 0 Å². The summed E-state index contributed by atoms with van der Waals surface area (Å²) < 4.78 is 66.2. The summed E-state index contributed by atoms with van der Waals surface area (Å²) in [7, 11) is 0.107. The molecule has 1 aliphatic heterocycles. The van der Waals surface area contributed by atoms with Gasteiger partial charge in [-0.05, 0) is 90.5 Å². The van der Waals surface area contributed by atoms with Crippen molar-refractivity contribution in [1.29, 1.82) is 0 Å². The van der Waals surface area contributed by atoms with Crippen molar-refractivity contribution in [2.45, 2.75) is 398 Å². The van der Waals surface area contributed by atoms with Gasteiger partial charge in [-0.15, -0.1) is 0 Å². The first-order chi connectivity index (χ1) is 56.8. The molecule has 1 aromatic heterocycles. The van der Waals surface area contributed by atoms with Gasteiger partial charge in [0, 0.05) is 12.3 Å². The molecule has 18 heteroatoms. The molecule has 658 valence electrons.